The van der Waals surface area contributed by atoms with E-state index in [0.29, 0.717) is 12.0 Å². The first-order valence-electron chi connectivity index (χ1n) is 6.90. The first kappa shape index (κ1) is 16.1. The third-order valence-electron chi connectivity index (χ3n) is 3.10. The van der Waals surface area contributed by atoms with Gasteiger partial charge in [0.25, 0.3) is 5.91 Å². The molecule has 1 aromatic carbocycles. The molecule has 110 valence electrons. The fourth-order valence-electron chi connectivity index (χ4n) is 1.90. The Morgan fingerprint density at radius 1 is 1.20 bits per heavy atom. The van der Waals surface area contributed by atoms with Crippen molar-refractivity contribution >= 4 is 11.8 Å². The number of halogens is 1. The van der Waals surface area contributed by atoms with Crippen molar-refractivity contribution in [1.29, 1.82) is 0 Å². The van der Waals surface area contributed by atoms with Crippen LogP contribution in [0, 0.1) is 5.82 Å². The molecular weight excluding hydrogens is 259 g/mol. The van der Waals surface area contributed by atoms with E-state index in [9.17, 15) is 14.0 Å². The number of primary amides is 1. The van der Waals surface area contributed by atoms with Gasteiger partial charge in [0.2, 0.25) is 5.91 Å². The van der Waals surface area contributed by atoms with Crippen LogP contribution in [0.3, 0.4) is 0 Å². The lowest BCUT2D eigenvalue weighted by atomic mass is 10.1. The molecule has 0 aliphatic carbocycles. The van der Waals surface area contributed by atoms with Crippen LogP contribution in [-0.4, -0.2) is 17.9 Å². The summed E-state index contributed by atoms with van der Waals surface area (Å²) in [7, 11) is 0. The van der Waals surface area contributed by atoms with Crippen LogP contribution in [-0.2, 0) is 4.79 Å². The van der Waals surface area contributed by atoms with Crippen LogP contribution < -0.4 is 11.1 Å². The number of benzene rings is 1. The predicted molar refractivity (Wildman–Crippen MR) is 75.6 cm³/mol. The van der Waals surface area contributed by atoms with Gasteiger partial charge in [0.05, 0.1) is 0 Å². The summed E-state index contributed by atoms with van der Waals surface area (Å²) >= 11 is 0. The van der Waals surface area contributed by atoms with E-state index in [1.165, 1.54) is 24.3 Å². The van der Waals surface area contributed by atoms with Crippen LogP contribution in [0.1, 0.15) is 49.4 Å². The molecule has 0 radical (unpaired) electrons. The molecule has 20 heavy (non-hydrogen) atoms. The van der Waals surface area contributed by atoms with E-state index < -0.39 is 23.7 Å². The summed E-state index contributed by atoms with van der Waals surface area (Å²) in [6.45, 7) is 2.10. The van der Waals surface area contributed by atoms with Crippen molar-refractivity contribution in [3.8, 4) is 0 Å². The summed E-state index contributed by atoms with van der Waals surface area (Å²) in [6.07, 6.45) is 4.57. The summed E-state index contributed by atoms with van der Waals surface area (Å²) in [4.78, 5) is 23.3. The summed E-state index contributed by atoms with van der Waals surface area (Å²) < 4.78 is 12.8. The Labute approximate surface area is 118 Å². The van der Waals surface area contributed by atoms with Crippen LogP contribution in [0.15, 0.2) is 24.3 Å². The monoisotopic (exact) mass is 280 g/mol. The quantitative estimate of drug-likeness (QED) is 0.718. The zero-order valence-corrected chi connectivity index (χ0v) is 11.7. The van der Waals surface area contributed by atoms with Crippen molar-refractivity contribution in [1.82, 2.24) is 5.32 Å². The first-order chi connectivity index (χ1) is 9.54. The summed E-state index contributed by atoms with van der Waals surface area (Å²) in [6, 6.07) is 4.48. The number of nitrogens with two attached hydrogens (primary N) is 1. The van der Waals surface area contributed by atoms with Gasteiger partial charge < -0.3 is 11.1 Å². The van der Waals surface area contributed by atoms with E-state index in [1.54, 1.807) is 0 Å². The number of hydrogen-bond acceptors (Lipinski definition) is 2. The Balaban J connectivity index is 2.54. The Kier molecular flexibility index (Phi) is 6.70. The predicted octanol–water partition coefficient (Wildman–Crippen LogP) is 2.38. The second-order valence-corrected chi connectivity index (χ2v) is 4.78. The lowest BCUT2D eigenvalue weighted by molar-refractivity contribution is -0.120. The molecule has 1 atom stereocenters. The number of nitrogens with one attached hydrogen (secondary N) is 1. The van der Waals surface area contributed by atoms with E-state index >= 15 is 0 Å². The zero-order chi connectivity index (χ0) is 15.0. The number of carbonyl (C=O) groups excluding carboxylic acids is 2. The van der Waals surface area contributed by atoms with Crippen LogP contribution in [0.25, 0.3) is 0 Å². The molecule has 1 rings (SSSR count). The molecule has 0 aromatic heterocycles. The second-order valence-electron chi connectivity index (χ2n) is 4.78. The Morgan fingerprint density at radius 3 is 2.40 bits per heavy atom. The number of amides is 2. The average Bonchev–Trinajstić information content (AvgIpc) is 2.42. The van der Waals surface area contributed by atoms with E-state index in [4.69, 9.17) is 5.73 Å². The minimum Gasteiger partial charge on any atom is -0.368 e. The Hall–Kier alpha value is -1.91. The normalized spacial score (nSPS) is 11.9. The molecule has 0 spiro atoms. The van der Waals surface area contributed by atoms with Crippen molar-refractivity contribution in [2.75, 3.05) is 0 Å². The average molecular weight is 280 g/mol. The molecule has 2 amide bonds. The molecule has 3 N–H and O–H groups in total. The first-order valence-corrected chi connectivity index (χ1v) is 6.90. The fraction of sp³-hybridized carbons (Fsp3) is 0.467. The maximum atomic E-state index is 12.8. The number of hydrogen-bond donors (Lipinski definition) is 2. The SMILES string of the molecule is CCCCCC[C@H](NC(=O)c1ccc(F)cc1)C(N)=O. The van der Waals surface area contributed by atoms with Gasteiger partial charge in [0, 0.05) is 5.56 Å². The molecule has 0 unspecified atom stereocenters. The second kappa shape index (κ2) is 8.30. The third kappa shape index (κ3) is 5.38. The largest absolute Gasteiger partial charge is 0.368 e. The Bertz CT molecular complexity index is 446. The summed E-state index contributed by atoms with van der Waals surface area (Å²) in [5.74, 6) is -1.37. The van der Waals surface area contributed by atoms with Crippen LogP contribution >= 0.6 is 0 Å². The molecule has 4 nitrogen and oxygen atoms in total. The maximum Gasteiger partial charge on any atom is 0.251 e. The van der Waals surface area contributed by atoms with Gasteiger partial charge in [0.1, 0.15) is 11.9 Å². The van der Waals surface area contributed by atoms with Crippen molar-refractivity contribution < 1.29 is 14.0 Å². The minimum absolute atomic E-state index is 0.311. The number of rotatable bonds is 8. The molecule has 1 aromatic rings. The van der Waals surface area contributed by atoms with Crippen molar-refractivity contribution in [3.63, 3.8) is 0 Å². The fourth-order valence-corrected chi connectivity index (χ4v) is 1.90. The smallest absolute Gasteiger partial charge is 0.251 e. The standard InChI is InChI=1S/C15H21FN2O2/c1-2-3-4-5-6-13(14(17)19)18-15(20)11-7-9-12(16)10-8-11/h7-10,13H,2-6H2,1H3,(H2,17,19)(H,18,20)/t13-/m0/s1. The molecule has 0 bridgehead atoms. The Morgan fingerprint density at radius 2 is 1.85 bits per heavy atom. The summed E-state index contributed by atoms with van der Waals surface area (Å²) in [5.41, 5.74) is 5.60. The highest BCUT2D eigenvalue weighted by atomic mass is 19.1. The molecule has 0 aliphatic heterocycles. The molecule has 0 heterocycles. The molecule has 0 aliphatic rings. The molecule has 5 heteroatoms. The van der Waals surface area contributed by atoms with Gasteiger partial charge >= 0.3 is 0 Å². The van der Waals surface area contributed by atoms with Crippen molar-refractivity contribution in [2.45, 2.75) is 45.1 Å². The van der Waals surface area contributed by atoms with Gasteiger partial charge in [-0.1, -0.05) is 32.6 Å². The van der Waals surface area contributed by atoms with Gasteiger partial charge in [-0.25, -0.2) is 4.39 Å². The third-order valence-corrected chi connectivity index (χ3v) is 3.10. The van der Waals surface area contributed by atoms with Crippen LogP contribution in [0.5, 0.6) is 0 Å². The number of unbranched alkanes of at least 4 members (excludes halogenated alkanes) is 3. The van der Waals surface area contributed by atoms with Crippen molar-refractivity contribution in [3.05, 3.63) is 35.6 Å². The highest BCUT2D eigenvalue weighted by Crippen LogP contribution is 2.07. The van der Waals surface area contributed by atoms with Crippen LogP contribution in [0.4, 0.5) is 4.39 Å². The minimum atomic E-state index is -0.676. The van der Waals surface area contributed by atoms with E-state index in [-0.39, 0.29) is 0 Å². The molecule has 0 saturated heterocycles. The number of carbonyl (C=O) groups is 2. The van der Waals surface area contributed by atoms with E-state index in [0.717, 1.165) is 25.7 Å². The molecule has 0 fully saturated rings. The van der Waals surface area contributed by atoms with Gasteiger partial charge in [-0.15, -0.1) is 0 Å². The lowest BCUT2D eigenvalue weighted by Gasteiger charge is -2.15. The van der Waals surface area contributed by atoms with Crippen molar-refractivity contribution in [2.24, 2.45) is 5.73 Å². The zero-order valence-electron chi connectivity index (χ0n) is 11.7. The van der Waals surface area contributed by atoms with E-state index in [1.807, 2.05) is 0 Å². The van der Waals surface area contributed by atoms with Crippen LogP contribution in [0.2, 0.25) is 0 Å². The van der Waals surface area contributed by atoms with Gasteiger partial charge in [-0.2, -0.15) is 0 Å². The van der Waals surface area contributed by atoms with Gasteiger partial charge in [-0.05, 0) is 30.7 Å². The van der Waals surface area contributed by atoms with E-state index in [2.05, 4.69) is 12.2 Å². The lowest BCUT2D eigenvalue weighted by Crippen LogP contribution is -2.44. The molecule has 0 saturated carbocycles. The highest BCUT2D eigenvalue weighted by Gasteiger charge is 2.18. The van der Waals surface area contributed by atoms with Gasteiger partial charge in [-0.3, -0.25) is 9.59 Å². The maximum absolute atomic E-state index is 12.8. The van der Waals surface area contributed by atoms with Gasteiger partial charge in [0.15, 0.2) is 0 Å². The highest BCUT2D eigenvalue weighted by molar-refractivity contribution is 5.97. The topological polar surface area (TPSA) is 72.2 Å². The summed E-state index contributed by atoms with van der Waals surface area (Å²) in [5, 5.41) is 2.59. The molecular formula is C15H21FN2O2.